The fourth-order valence-electron chi connectivity index (χ4n) is 2.54. The summed E-state index contributed by atoms with van der Waals surface area (Å²) < 4.78 is 1.29. The highest BCUT2D eigenvalue weighted by Gasteiger charge is 2.20. The van der Waals surface area contributed by atoms with Crippen molar-refractivity contribution in [3.05, 3.63) is 30.2 Å². The van der Waals surface area contributed by atoms with Crippen LogP contribution in [0.15, 0.2) is 24.3 Å². The van der Waals surface area contributed by atoms with Crippen molar-refractivity contribution < 1.29 is 0 Å². The molecule has 0 aliphatic carbocycles. The average molecular weight is 274 g/mol. The van der Waals surface area contributed by atoms with Crippen LogP contribution in [0.25, 0.3) is 10.2 Å². The van der Waals surface area contributed by atoms with Crippen molar-refractivity contribution >= 4 is 26.7 Å². The molecule has 1 aromatic carbocycles. The second-order valence-electron chi connectivity index (χ2n) is 5.43. The number of fused-ring (bicyclic) bond motifs is 1. The lowest BCUT2D eigenvalue weighted by atomic mass is 10.2. The van der Waals surface area contributed by atoms with Gasteiger partial charge in [0.2, 0.25) is 0 Å². The molecule has 1 saturated heterocycles. The highest BCUT2D eigenvalue weighted by molar-refractivity contribution is 7.22. The molecule has 2 aromatic rings. The maximum Gasteiger partial charge on any atom is 0.186 e. The SMILES string of the molecule is C[C](C)CN1CCN(c2nc3ccccc3s2)CC1. The number of anilines is 1. The molecule has 1 radical (unpaired) electrons. The third kappa shape index (κ3) is 2.90. The number of para-hydroxylation sites is 1. The number of benzene rings is 1. The molecular weight excluding hydrogens is 254 g/mol. The van der Waals surface area contributed by atoms with Crippen molar-refractivity contribution in [3.63, 3.8) is 0 Å². The third-order valence-electron chi connectivity index (χ3n) is 3.47. The standard InChI is InChI=1S/C15H20N3S/c1-12(2)11-17-7-9-18(10-8-17)15-16-13-5-3-4-6-14(13)19-15/h3-6H,7-11H2,1-2H3. The lowest BCUT2D eigenvalue weighted by Crippen LogP contribution is -2.47. The van der Waals surface area contributed by atoms with Crippen molar-refractivity contribution in [1.29, 1.82) is 0 Å². The maximum absolute atomic E-state index is 4.74. The van der Waals surface area contributed by atoms with Gasteiger partial charge in [-0.15, -0.1) is 0 Å². The minimum absolute atomic E-state index is 1.09. The summed E-state index contributed by atoms with van der Waals surface area (Å²) >= 11 is 1.81. The third-order valence-corrected chi connectivity index (χ3v) is 4.56. The lowest BCUT2D eigenvalue weighted by Gasteiger charge is -2.35. The number of thiazole rings is 1. The second kappa shape index (κ2) is 5.47. The Balaban J connectivity index is 1.68. The Kier molecular flexibility index (Phi) is 3.71. The Morgan fingerprint density at radius 2 is 1.89 bits per heavy atom. The molecule has 3 nitrogen and oxygen atoms in total. The van der Waals surface area contributed by atoms with Gasteiger partial charge >= 0.3 is 0 Å². The van der Waals surface area contributed by atoms with Crippen LogP contribution in [0.2, 0.25) is 0 Å². The Labute approximate surface area is 118 Å². The van der Waals surface area contributed by atoms with Gasteiger partial charge in [-0.25, -0.2) is 4.98 Å². The molecule has 0 atom stereocenters. The van der Waals surface area contributed by atoms with Gasteiger partial charge in [0, 0.05) is 32.7 Å². The van der Waals surface area contributed by atoms with Crippen molar-refractivity contribution in [1.82, 2.24) is 9.88 Å². The molecule has 0 N–H and O–H groups in total. The topological polar surface area (TPSA) is 19.4 Å². The second-order valence-corrected chi connectivity index (χ2v) is 6.44. The molecule has 0 bridgehead atoms. The molecule has 101 valence electrons. The van der Waals surface area contributed by atoms with E-state index in [0.29, 0.717) is 0 Å². The average Bonchev–Trinajstić information content (AvgIpc) is 2.82. The monoisotopic (exact) mass is 274 g/mol. The molecule has 1 aliphatic heterocycles. The van der Waals surface area contributed by atoms with Crippen molar-refractivity contribution in [2.45, 2.75) is 13.8 Å². The molecule has 3 rings (SSSR count). The van der Waals surface area contributed by atoms with Gasteiger partial charge in [-0.2, -0.15) is 0 Å². The minimum Gasteiger partial charge on any atom is -0.345 e. The van der Waals surface area contributed by atoms with E-state index in [0.717, 1.165) is 38.2 Å². The Bertz CT molecular complexity index is 508. The number of aromatic nitrogens is 1. The molecule has 0 unspecified atom stereocenters. The zero-order chi connectivity index (χ0) is 13.2. The first-order chi connectivity index (χ1) is 9.22. The fourth-order valence-corrected chi connectivity index (χ4v) is 3.56. The highest BCUT2D eigenvalue weighted by Crippen LogP contribution is 2.29. The smallest absolute Gasteiger partial charge is 0.186 e. The van der Waals surface area contributed by atoms with E-state index in [1.165, 1.54) is 15.7 Å². The van der Waals surface area contributed by atoms with E-state index >= 15 is 0 Å². The molecule has 0 amide bonds. The van der Waals surface area contributed by atoms with Crippen LogP contribution in [-0.2, 0) is 0 Å². The van der Waals surface area contributed by atoms with Gasteiger partial charge in [-0.3, -0.25) is 4.90 Å². The van der Waals surface area contributed by atoms with Gasteiger partial charge in [-0.05, 0) is 18.1 Å². The van der Waals surface area contributed by atoms with Gasteiger partial charge in [0.1, 0.15) is 0 Å². The van der Waals surface area contributed by atoms with Gasteiger partial charge < -0.3 is 4.90 Å². The first-order valence-electron chi connectivity index (χ1n) is 6.84. The summed E-state index contributed by atoms with van der Waals surface area (Å²) in [4.78, 5) is 9.69. The summed E-state index contributed by atoms with van der Waals surface area (Å²) in [5.74, 6) is 1.49. The molecule has 1 aromatic heterocycles. The van der Waals surface area contributed by atoms with Gasteiger partial charge in [0.15, 0.2) is 5.13 Å². The van der Waals surface area contributed by atoms with Gasteiger partial charge in [0.25, 0.3) is 0 Å². The zero-order valence-corrected chi connectivity index (χ0v) is 12.4. The van der Waals surface area contributed by atoms with Crippen LogP contribution >= 0.6 is 11.3 Å². The van der Waals surface area contributed by atoms with E-state index in [4.69, 9.17) is 4.98 Å². The van der Waals surface area contributed by atoms with Crippen molar-refractivity contribution in [2.24, 2.45) is 0 Å². The normalized spacial score (nSPS) is 17.5. The van der Waals surface area contributed by atoms with E-state index in [9.17, 15) is 0 Å². The molecule has 1 fully saturated rings. The van der Waals surface area contributed by atoms with Crippen LogP contribution in [0.5, 0.6) is 0 Å². The van der Waals surface area contributed by atoms with Crippen molar-refractivity contribution in [3.8, 4) is 0 Å². The molecule has 4 heteroatoms. The summed E-state index contributed by atoms with van der Waals surface area (Å²) in [6.07, 6.45) is 0. The Morgan fingerprint density at radius 1 is 1.16 bits per heavy atom. The van der Waals surface area contributed by atoms with Crippen LogP contribution in [0.3, 0.4) is 0 Å². The number of hydrogen-bond acceptors (Lipinski definition) is 4. The number of hydrogen-bond donors (Lipinski definition) is 0. The molecule has 1 aliphatic rings. The quantitative estimate of drug-likeness (QED) is 0.857. The zero-order valence-electron chi connectivity index (χ0n) is 11.6. The molecule has 19 heavy (non-hydrogen) atoms. The lowest BCUT2D eigenvalue weighted by molar-refractivity contribution is 0.267. The van der Waals surface area contributed by atoms with E-state index in [2.05, 4.69) is 47.9 Å². The number of rotatable bonds is 3. The van der Waals surface area contributed by atoms with E-state index < -0.39 is 0 Å². The maximum atomic E-state index is 4.74. The summed E-state index contributed by atoms with van der Waals surface area (Å²) in [5, 5.41) is 1.18. The summed E-state index contributed by atoms with van der Waals surface area (Å²) in [7, 11) is 0. The summed E-state index contributed by atoms with van der Waals surface area (Å²) in [6.45, 7) is 10.0. The molecule has 0 saturated carbocycles. The predicted octanol–water partition coefficient (Wildman–Crippen LogP) is 3.03. The van der Waals surface area contributed by atoms with Crippen LogP contribution in [-0.4, -0.2) is 42.6 Å². The molecule has 2 heterocycles. The van der Waals surface area contributed by atoms with E-state index in [1.54, 1.807) is 0 Å². The summed E-state index contributed by atoms with van der Waals surface area (Å²) in [6, 6.07) is 8.40. The van der Waals surface area contributed by atoms with Crippen LogP contribution in [0, 0.1) is 5.92 Å². The van der Waals surface area contributed by atoms with Crippen LogP contribution in [0.4, 0.5) is 5.13 Å². The highest BCUT2D eigenvalue weighted by atomic mass is 32.1. The van der Waals surface area contributed by atoms with Gasteiger partial charge in [0.05, 0.1) is 10.2 Å². The van der Waals surface area contributed by atoms with Crippen LogP contribution < -0.4 is 4.90 Å². The molecule has 0 spiro atoms. The fraction of sp³-hybridized carbons (Fsp3) is 0.467. The van der Waals surface area contributed by atoms with Crippen LogP contribution in [0.1, 0.15) is 13.8 Å². The Hall–Kier alpha value is -1.13. The first kappa shape index (κ1) is 12.9. The Morgan fingerprint density at radius 3 is 2.58 bits per heavy atom. The molecular formula is C15H20N3S. The van der Waals surface area contributed by atoms with E-state index in [1.807, 2.05) is 11.3 Å². The van der Waals surface area contributed by atoms with E-state index in [-0.39, 0.29) is 0 Å². The minimum atomic E-state index is 1.09. The van der Waals surface area contributed by atoms with Gasteiger partial charge in [-0.1, -0.05) is 37.3 Å². The first-order valence-corrected chi connectivity index (χ1v) is 7.66. The largest absolute Gasteiger partial charge is 0.345 e. The number of nitrogens with zero attached hydrogens (tertiary/aromatic N) is 3. The predicted molar refractivity (Wildman–Crippen MR) is 82.9 cm³/mol. The summed E-state index contributed by atoms with van der Waals surface area (Å²) in [5.41, 5.74) is 1.13. The number of piperazine rings is 1. The van der Waals surface area contributed by atoms with Crippen molar-refractivity contribution in [2.75, 3.05) is 37.6 Å².